The number of carbonyl (C=O) groups is 2. The second-order valence-electron chi connectivity index (χ2n) is 10.5. The molecule has 5 rings (SSSR count). The molecule has 2 amide bonds. The van der Waals surface area contributed by atoms with Gasteiger partial charge < -0.3 is 10.1 Å². The molecule has 0 bridgehead atoms. The van der Waals surface area contributed by atoms with Gasteiger partial charge >= 0.3 is 6.18 Å². The Bertz CT molecular complexity index is 1480. The Balaban J connectivity index is 1.34. The third kappa shape index (κ3) is 4.65. The van der Waals surface area contributed by atoms with Crippen molar-refractivity contribution in [2.45, 2.75) is 66.9 Å². The van der Waals surface area contributed by atoms with Gasteiger partial charge in [-0.1, -0.05) is 30.3 Å². The lowest BCUT2D eigenvalue weighted by Crippen LogP contribution is -2.56. The van der Waals surface area contributed by atoms with Crippen LogP contribution in [0.3, 0.4) is 0 Å². The van der Waals surface area contributed by atoms with Crippen molar-refractivity contribution in [3.8, 4) is 22.9 Å². The summed E-state index contributed by atoms with van der Waals surface area (Å²) in [4.78, 5) is 27.1. The second-order valence-corrected chi connectivity index (χ2v) is 12.7. The van der Waals surface area contributed by atoms with Crippen molar-refractivity contribution in [1.82, 2.24) is 10.2 Å². The Kier molecular flexibility index (Phi) is 6.95. The molecule has 1 N–H and O–H groups in total. The Labute approximate surface area is 230 Å². The van der Waals surface area contributed by atoms with Crippen LogP contribution in [0.4, 0.5) is 13.2 Å². The van der Waals surface area contributed by atoms with E-state index in [0.29, 0.717) is 17.3 Å². The van der Waals surface area contributed by atoms with Crippen LogP contribution in [-0.2, 0) is 19.4 Å². The molecule has 2 aliphatic carbocycles. The summed E-state index contributed by atoms with van der Waals surface area (Å²) in [6.45, 7) is 2.20. The van der Waals surface area contributed by atoms with E-state index >= 15 is 0 Å². The number of hydrogen-bond acceptors (Lipinski definition) is 7. The number of nitrogens with zero attached hydrogens (tertiary/aromatic N) is 2. The van der Waals surface area contributed by atoms with Crippen molar-refractivity contribution in [2.24, 2.45) is 5.41 Å². The van der Waals surface area contributed by atoms with Gasteiger partial charge in [-0.3, -0.25) is 14.5 Å². The van der Waals surface area contributed by atoms with Gasteiger partial charge in [0.05, 0.1) is 28.9 Å². The number of alkyl halides is 3. The van der Waals surface area contributed by atoms with Crippen molar-refractivity contribution < 1.29 is 35.9 Å². The fourth-order valence-electron chi connectivity index (χ4n) is 5.25. The summed E-state index contributed by atoms with van der Waals surface area (Å²) in [5, 5.41) is 11.4. The van der Waals surface area contributed by atoms with E-state index in [4.69, 9.17) is 4.74 Å². The number of sulfone groups is 1. The number of amides is 2. The highest BCUT2D eigenvalue weighted by atomic mass is 32.2. The second kappa shape index (κ2) is 9.89. The number of halogens is 3. The van der Waals surface area contributed by atoms with E-state index in [1.807, 2.05) is 37.3 Å². The summed E-state index contributed by atoms with van der Waals surface area (Å²) < 4.78 is 73.7. The van der Waals surface area contributed by atoms with Gasteiger partial charge in [-0.05, 0) is 62.8 Å². The number of nitrogens with one attached hydrogen (secondary N) is 1. The molecule has 2 aromatic carbocycles. The summed E-state index contributed by atoms with van der Waals surface area (Å²) in [7, 11) is -3.93. The molecule has 40 heavy (non-hydrogen) atoms. The van der Waals surface area contributed by atoms with Crippen LogP contribution in [0.5, 0.6) is 5.75 Å². The highest BCUT2D eigenvalue weighted by molar-refractivity contribution is 7.92. The standard InChI is InChI=1S/C28H28F3N3O5S/c1-2-39-23-6-4-3-5-21(23)18-7-9-19(10-8-18)40(37,38)20-15-22(33-16-20)24(35)34(26(17-32)11-12-26)25(36)27(13-14-27)28(29,30)31/h3-10,20,22,33H,2,11-16H2,1H3/t20-,22+/m1/s1. The topological polar surface area (TPSA) is 117 Å². The Hall–Kier alpha value is -3.43. The van der Waals surface area contributed by atoms with Crippen molar-refractivity contribution in [3.63, 3.8) is 0 Å². The Morgan fingerprint density at radius 2 is 1.75 bits per heavy atom. The summed E-state index contributed by atoms with van der Waals surface area (Å²) in [5.74, 6) is -1.74. The molecule has 8 nitrogen and oxygen atoms in total. The van der Waals surface area contributed by atoms with Crippen molar-refractivity contribution in [2.75, 3.05) is 13.2 Å². The molecule has 0 aromatic heterocycles. The lowest BCUT2D eigenvalue weighted by Gasteiger charge is -2.32. The third-order valence-electron chi connectivity index (χ3n) is 7.99. The van der Waals surface area contributed by atoms with Crippen LogP contribution in [0.15, 0.2) is 53.4 Å². The summed E-state index contributed by atoms with van der Waals surface area (Å²) >= 11 is 0. The average molecular weight is 576 g/mol. The first kappa shape index (κ1) is 28.1. The van der Waals surface area contributed by atoms with Gasteiger partial charge in [0, 0.05) is 12.1 Å². The zero-order chi connectivity index (χ0) is 28.9. The normalized spacial score (nSPS) is 22.7. The maximum atomic E-state index is 13.7. The molecule has 0 spiro atoms. The van der Waals surface area contributed by atoms with Crippen LogP contribution < -0.4 is 10.1 Å². The summed E-state index contributed by atoms with van der Waals surface area (Å²) in [6, 6.07) is 14.2. The minimum absolute atomic E-state index is 0.0302. The number of nitriles is 1. The quantitative estimate of drug-likeness (QED) is 0.473. The highest BCUT2D eigenvalue weighted by Gasteiger charge is 2.72. The third-order valence-corrected chi connectivity index (χ3v) is 10.2. The van der Waals surface area contributed by atoms with Gasteiger partial charge in [-0.15, -0.1) is 0 Å². The fourth-order valence-corrected chi connectivity index (χ4v) is 6.92. The van der Waals surface area contributed by atoms with Crippen LogP contribution >= 0.6 is 0 Å². The van der Waals surface area contributed by atoms with Gasteiger partial charge in [0.1, 0.15) is 16.7 Å². The first-order valence-electron chi connectivity index (χ1n) is 13.1. The molecule has 1 saturated heterocycles. The van der Waals surface area contributed by atoms with Gasteiger partial charge in [-0.2, -0.15) is 18.4 Å². The van der Waals surface area contributed by atoms with E-state index in [1.165, 1.54) is 12.1 Å². The minimum atomic E-state index is -4.85. The molecule has 2 atom stereocenters. The molecule has 0 unspecified atom stereocenters. The molecule has 12 heteroatoms. The maximum absolute atomic E-state index is 13.7. The first-order chi connectivity index (χ1) is 18.9. The Morgan fingerprint density at radius 1 is 1.10 bits per heavy atom. The van der Waals surface area contributed by atoms with Gasteiger partial charge in [0.2, 0.25) is 11.8 Å². The molecule has 1 aliphatic heterocycles. The van der Waals surface area contributed by atoms with E-state index in [2.05, 4.69) is 5.32 Å². The predicted molar refractivity (Wildman–Crippen MR) is 138 cm³/mol. The van der Waals surface area contributed by atoms with Crippen molar-refractivity contribution in [3.05, 3.63) is 48.5 Å². The zero-order valence-electron chi connectivity index (χ0n) is 21.7. The van der Waals surface area contributed by atoms with Crippen LogP contribution in [-0.4, -0.2) is 61.3 Å². The van der Waals surface area contributed by atoms with E-state index < -0.39 is 62.9 Å². The summed E-state index contributed by atoms with van der Waals surface area (Å²) in [6.07, 6.45) is -5.80. The Morgan fingerprint density at radius 3 is 2.30 bits per heavy atom. The maximum Gasteiger partial charge on any atom is 0.403 e. The van der Waals surface area contributed by atoms with E-state index in [-0.39, 0.29) is 30.7 Å². The molecule has 2 saturated carbocycles. The molecule has 0 radical (unpaired) electrons. The lowest BCUT2D eigenvalue weighted by atomic mass is 10.0. The van der Waals surface area contributed by atoms with Gasteiger partial charge in [0.25, 0.3) is 0 Å². The molecule has 3 aliphatic rings. The molecule has 2 aromatic rings. The number of hydrogen-bond donors (Lipinski definition) is 1. The smallest absolute Gasteiger partial charge is 0.403 e. The molecule has 1 heterocycles. The first-order valence-corrected chi connectivity index (χ1v) is 14.6. The van der Waals surface area contributed by atoms with Crippen molar-refractivity contribution in [1.29, 1.82) is 5.26 Å². The largest absolute Gasteiger partial charge is 0.493 e. The number of ether oxygens (including phenoxy) is 1. The average Bonchev–Trinajstić information content (AvgIpc) is 3.85. The predicted octanol–water partition coefficient (Wildman–Crippen LogP) is 4.01. The van der Waals surface area contributed by atoms with Gasteiger partial charge in [0.15, 0.2) is 9.84 Å². The fraction of sp³-hybridized carbons (Fsp3) is 0.464. The van der Waals surface area contributed by atoms with E-state index in [1.54, 1.807) is 12.1 Å². The number of rotatable bonds is 8. The lowest BCUT2D eigenvalue weighted by molar-refractivity contribution is -0.200. The van der Waals surface area contributed by atoms with Crippen molar-refractivity contribution >= 4 is 21.7 Å². The molecular weight excluding hydrogens is 547 g/mol. The zero-order valence-corrected chi connectivity index (χ0v) is 22.5. The SMILES string of the molecule is CCOc1ccccc1-c1ccc(S(=O)(=O)[C@H]2CN[C@H](C(=O)N(C(=O)C3(C(F)(F)F)CC3)C3(C#N)CC3)C2)cc1. The monoisotopic (exact) mass is 575 g/mol. The van der Waals surface area contributed by atoms with Crippen LogP contribution in [0.2, 0.25) is 0 Å². The van der Waals surface area contributed by atoms with E-state index in [0.717, 1.165) is 11.1 Å². The minimum Gasteiger partial charge on any atom is -0.493 e. The van der Waals surface area contributed by atoms with E-state index in [9.17, 15) is 36.4 Å². The summed E-state index contributed by atoms with van der Waals surface area (Å²) in [5.41, 5.74) is -2.74. The highest BCUT2D eigenvalue weighted by Crippen LogP contribution is 2.60. The number of imide groups is 1. The molecule has 3 fully saturated rings. The molecular formula is C28H28F3N3O5S. The number of para-hydroxylation sites is 1. The van der Waals surface area contributed by atoms with Crippen LogP contribution in [0.25, 0.3) is 11.1 Å². The van der Waals surface area contributed by atoms with Gasteiger partial charge in [-0.25, -0.2) is 8.42 Å². The molecule has 212 valence electrons. The van der Waals surface area contributed by atoms with Crippen LogP contribution in [0.1, 0.15) is 39.0 Å². The number of carbonyl (C=O) groups excluding carboxylic acids is 2. The van der Waals surface area contributed by atoms with Crippen LogP contribution in [0, 0.1) is 16.7 Å². The number of benzene rings is 2.